The molecule has 30 heavy (non-hydrogen) atoms. The van der Waals surface area contributed by atoms with Crippen molar-refractivity contribution >= 4 is 11.9 Å². The van der Waals surface area contributed by atoms with E-state index in [1.165, 1.54) is 0 Å². The molecule has 4 aliphatic heterocycles. The molecule has 2 N–H and O–H groups in total. The summed E-state index contributed by atoms with van der Waals surface area (Å²) in [7, 11) is 0. The lowest BCUT2D eigenvalue weighted by atomic mass is 9.58. The summed E-state index contributed by atoms with van der Waals surface area (Å²) in [5.74, 6) is -9.28. The number of rotatable bonds is 4. The van der Waals surface area contributed by atoms with Crippen molar-refractivity contribution in [2.24, 2.45) is 23.7 Å². The molecule has 5 rings (SSSR count). The van der Waals surface area contributed by atoms with Crippen LogP contribution in [0.1, 0.15) is 46.0 Å². The van der Waals surface area contributed by atoms with Gasteiger partial charge in [-0.15, -0.1) is 0 Å². The van der Waals surface area contributed by atoms with Crippen LogP contribution in [-0.2, 0) is 28.8 Å². The number of carboxylic acids is 2. The minimum atomic E-state index is -4.95. The summed E-state index contributed by atoms with van der Waals surface area (Å²) in [6.45, 7) is 3.54. The van der Waals surface area contributed by atoms with Crippen LogP contribution in [0.2, 0.25) is 0 Å². The highest BCUT2D eigenvalue weighted by Crippen LogP contribution is 2.62. The van der Waals surface area contributed by atoms with Gasteiger partial charge in [0.15, 0.2) is 11.5 Å². The first-order chi connectivity index (χ1) is 13.9. The van der Waals surface area contributed by atoms with Crippen molar-refractivity contribution in [2.45, 2.75) is 69.8 Å². The topological polar surface area (TPSA) is 112 Å². The van der Waals surface area contributed by atoms with Gasteiger partial charge in [0.05, 0.1) is 0 Å². The monoisotopic (exact) mass is 436 g/mol. The summed E-state index contributed by atoms with van der Waals surface area (Å²) in [5, 5.41) is 18.5. The Hall–Kier alpha value is -1.85. The molecule has 168 valence electrons. The number of aliphatic carboxylic acids is 2. The SMILES string of the molecule is C[C@@H]1CC[C@H]2C(CC(C(=O)O)C(=O)O)=C(C(F)(F)F)O[C@@H]3O[C@]4(C)CC[C@@H]1[C@]32OO4. The minimum absolute atomic E-state index is 0.0726. The van der Waals surface area contributed by atoms with Crippen molar-refractivity contribution in [3.63, 3.8) is 0 Å². The molecule has 0 radical (unpaired) electrons. The number of carbonyl (C=O) groups is 2. The molecule has 4 fully saturated rings. The van der Waals surface area contributed by atoms with Gasteiger partial charge >= 0.3 is 18.1 Å². The maximum Gasteiger partial charge on any atom is 0.448 e. The van der Waals surface area contributed by atoms with Crippen LogP contribution in [0.25, 0.3) is 0 Å². The Morgan fingerprint density at radius 1 is 1.17 bits per heavy atom. The summed E-state index contributed by atoms with van der Waals surface area (Å²) in [4.78, 5) is 34.1. The lowest BCUT2D eigenvalue weighted by Crippen LogP contribution is -2.67. The maximum absolute atomic E-state index is 13.9. The number of hydrogen-bond donors (Lipinski definition) is 2. The number of halogens is 3. The molecule has 0 aromatic heterocycles. The van der Waals surface area contributed by atoms with E-state index in [2.05, 4.69) is 0 Å². The highest BCUT2D eigenvalue weighted by Gasteiger charge is 2.70. The highest BCUT2D eigenvalue weighted by atomic mass is 19.4. The Kier molecular flexibility index (Phi) is 4.87. The van der Waals surface area contributed by atoms with Crippen LogP contribution < -0.4 is 0 Å². The molecule has 0 unspecified atom stereocenters. The van der Waals surface area contributed by atoms with Gasteiger partial charge in [-0.2, -0.15) is 13.2 Å². The lowest BCUT2D eigenvalue weighted by molar-refractivity contribution is -0.557. The minimum Gasteiger partial charge on any atom is -0.481 e. The molecule has 6 atom stereocenters. The van der Waals surface area contributed by atoms with Gasteiger partial charge in [0.25, 0.3) is 0 Å². The fourth-order valence-electron chi connectivity index (χ4n) is 5.47. The van der Waals surface area contributed by atoms with E-state index in [1.54, 1.807) is 6.92 Å². The van der Waals surface area contributed by atoms with E-state index in [1.807, 2.05) is 6.92 Å². The first-order valence-electron chi connectivity index (χ1n) is 9.86. The maximum atomic E-state index is 13.9. The second-order valence-electron chi connectivity index (χ2n) is 8.76. The molecular weight excluding hydrogens is 413 g/mol. The molecule has 5 aliphatic rings. The molecule has 8 nitrogen and oxygen atoms in total. The van der Waals surface area contributed by atoms with Gasteiger partial charge in [0.2, 0.25) is 17.8 Å². The van der Waals surface area contributed by atoms with Crippen molar-refractivity contribution in [3.8, 4) is 0 Å². The average Bonchev–Trinajstić information content (AvgIpc) is 2.86. The average molecular weight is 436 g/mol. The normalized spacial score (nSPS) is 40.6. The third-order valence-electron chi connectivity index (χ3n) is 6.93. The standard InChI is InChI=1S/C19H23F3O8/c1-8-3-4-12-9(7-10(14(23)24)15(25)26)13(19(20,21)22)27-16-18(12)11(8)5-6-17(2,28-16)29-30-18/h8,10-12,16H,3-7H2,1-2H3,(H,23,24)(H,25,26)/t8-,11+,12+,16-,17+,18-/m1/s1. The molecule has 1 spiro atoms. The molecule has 0 aromatic carbocycles. The summed E-state index contributed by atoms with van der Waals surface area (Å²) in [5.41, 5.74) is -1.82. The Bertz CT molecular complexity index is 781. The summed E-state index contributed by atoms with van der Waals surface area (Å²) >= 11 is 0. The number of allylic oxidation sites excluding steroid dienone is 1. The Morgan fingerprint density at radius 2 is 1.83 bits per heavy atom. The van der Waals surface area contributed by atoms with Crippen LogP contribution in [0, 0.1) is 23.7 Å². The summed E-state index contributed by atoms with van der Waals surface area (Å²) < 4.78 is 52.9. The van der Waals surface area contributed by atoms with Gasteiger partial charge in [-0.1, -0.05) is 6.92 Å². The van der Waals surface area contributed by atoms with Gasteiger partial charge in [0.1, 0.15) is 0 Å². The molecule has 11 heteroatoms. The molecule has 2 bridgehead atoms. The number of alkyl halides is 3. The highest BCUT2D eigenvalue weighted by molar-refractivity contribution is 5.93. The Balaban J connectivity index is 1.87. The van der Waals surface area contributed by atoms with E-state index in [-0.39, 0.29) is 18.3 Å². The third-order valence-corrected chi connectivity index (χ3v) is 6.93. The fraction of sp³-hybridized carbons (Fsp3) is 0.789. The third kappa shape index (κ3) is 3.09. The fourth-order valence-corrected chi connectivity index (χ4v) is 5.47. The number of hydrogen-bond acceptors (Lipinski definition) is 6. The zero-order chi connectivity index (χ0) is 22.1. The Morgan fingerprint density at radius 3 is 2.43 bits per heavy atom. The molecule has 1 aliphatic carbocycles. The predicted molar refractivity (Wildman–Crippen MR) is 90.3 cm³/mol. The zero-order valence-corrected chi connectivity index (χ0v) is 16.4. The quantitative estimate of drug-likeness (QED) is 0.511. The van der Waals surface area contributed by atoms with Crippen molar-refractivity contribution in [3.05, 3.63) is 11.3 Å². The van der Waals surface area contributed by atoms with E-state index < -0.39 is 65.4 Å². The van der Waals surface area contributed by atoms with Crippen molar-refractivity contribution in [1.29, 1.82) is 0 Å². The van der Waals surface area contributed by atoms with E-state index in [4.69, 9.17) is 19.2 Å². The predicted octanol–water partition coefficient (Wildman–Crippen LogP) is 3.22. The molecule has 0 amide bonds. The van der Waals surface area contributed by atoms with Gasteiger partial charge < -0.3 is 19.7 Å². The Labute approximate surface area is 169 Å². The second-order valence-corrected chi connectivity index (χ2v) is 8.76. The van der Waals surface area contributed by atoms with Gasteiger partial charge in [0, 0.05) is 18.3 Å². The number of fused-ring (bicyclic) bond motifs is 2. The van der Waals surface area contributed by atoms with Gasteiger partial charge in [-0.25, -0.2) is 9.78 Å². The molecule has 4 heterocycles. The zero-order valence-electron chi connectivity index (χ0n) is 16.4. The first kappa shape index (κ1) is 21.4. The molecule has 1 saturated carbocycles. The van der Waals surface area contributed by atoms with Crippen LogP contribution >= 0.6 is 0 Å². The van der Waals surface area contributed by atoms with E-state index >= 15 is 0 Å². The second kappa shape index (κ2) is 6.83. The van der Waals surface area contributed by atoms with Crippen molar-refractivity contribution < 1.29 is 52.2 Å². The van der Waals surface area contributed by atoms with Crippen LogP contribution in [0.5, 0.6) is 0 Å². The largest absolute Gasteiger partial charge is 0.481 e. The molecule has 0 aromatic rings. The van der Waals surface area contributed by atoms with E-state index in [0.29, 0.717) is 19.3 Å². The number of carboxylic acid groups (broad SMARTS) is 2. The van der Waals surface area contributed by atoms with Crippen molar-refractivity contribution in [1.82, 2.24) is 0 Å². The van der Waals surface area contributed by atoms with E-state index in [0.717, 1.165) is 0 Å². The molecular formula is C19H23F3O8. The smallest absolute Gasteiger partial charge is 0.448 e. The lowest BCUT2D eigenvalue weighted by Gasteiger charge is -2.57. The van der Waals surface area contributed by atoms with Gasteiger partial charge in [-0.3, -0.25) is 9.59 Å². The molecule has 3 saturated heterocycles. The van der Waals surface area contributed by atoms with Crippen LogP contribution in [0.15, 0.2) is 11.3 Å². The van der Waals surface area contributed by atoms with Crippen LogP contribution in [0.4, 0.5) is 13.2 Å². The van der Waals surface area contributed by atoms with E-state index in [9.17, 15) is 33.0 Å². The van der Waals surface area contributed by atoms with Crippen LogP contribution in [-0.4, -0.2) is 46.0 Å². The summed E-state index contributed by atoms with van der Waals surface area (Å²) in [6.07, 6.45) is -5.44. The van der Waals surface area contributed by atoms with Crippen LogP contribution in [0.3, 0.4) is 0 Å². The van der Waals surface area contributed by atoms with Crippen molar-refractivity contribution in [2.75, 3.05) is 0 Å². The number of ether oxygens (including phenoxy) is 2. The van der Waals surface area contributed by atoms with Gasteiger partial charge in [-0.05, 0) is 44.1 Å². The first-order valence-corrected chi connectivity index (χ1v) is 9.86. The summed E-state index contributed by atoms with van der Waals surface area (Å²) in [6, 6.07) is 0.